The fraction of sp³-hybridized carbons (Fsp3) is 0.440. The highest BCUT2D eigenvalue weighted by atomic mass is 19.4. The Morgan fingerprint density at radius 3 is 1.55 bits per heavy atom. The Morgan fingerprint density at radius 1 is 0.660 bits per heavy atom. The van der Waals surface area contributed by atoms with Gasteiger partial charge in [-0.25, -0.2) is 43.3 Å². The summed E-state index contributed by atoms with van der Waals surface area (Å²) >= 11 is 0. The first-order valence-corrected chi connectivity index (χ1v) is 13.2. The van der Waals surface area contributed by atoms with Gasteiger partial charge in [0.1, 0.15) is 6.61 Å². The maximum atomic E-state index is 13.2. The van der Waals surface area contributed by atoms with Crippen molar-refractivity contribution in [3.63, 3.8) is 0 Å². The molecule has 1 rings (SSSR count). The van der Waals surface area contributed by atoms with Gasteiger partial charge in [0.2, 0.25) is 6.10 Å². The van der Waals surface area contributed by atoms with Crippen LogP contribution in [0.5, 0.6) is 0 Å². The van der Waals surface area contributed by atoms with Crippen molar-refractivity contribution in [3.05, 3.63) is 35.9 Å². The number of nitrogens with one attached hydrogen (secondary N) is 2. The summed E-state index contributed by atoms with van der Waals surface area (Å²) in [6, 6.07) is 7.11. The average Bonchev–Trinajstić information content (AvgIpc) is 3.03. The molecule has 0 radical (unpaired) electrons. The molecular formula is C25H23F9N4O15. The van der Waals surface area contributed by atoms with E-state index in [1.165, 1.54) is 35.6 Å². The number of carbonyl (C=O) groups is 8. The number of hydrogen-bond donors (Lipinski definition) is 4. The molecule has 53 heavy (non-hydrogen) atoms. The van der Waals surface area contributed by atoms with Gasteiger partial charge in [-0.3, -0.25) is 21.2 Å². The largest absolute Gasteiger partial charge is 0.495 e. The van der Waals surface area contributed by atoms with E-state index in [1.807, 2.05) is 0 Å². The summed E-state index contributed by atoms with van der Waals surface area (Å²) in [5.41, 5.74) is -1.13. The molecule has 0 saturated heterocycles. The van der Waals surface area contributed by atoms with Crippen LogP contribution in [-0.4, -0.2) is 96.7 Å². The zero-order valence-corrected chi connectivity index (χ0v) is 26.4. The first-order chi connectivity index (χ1) is 23.9. The number of alkyl carbamates (subject to hydrolysis) is 1. The number of amides is 2. The molecule has 1 aromatic carbocycles. The fourth-order valence-corrected chi connectivity index (χ4v) is 2.97. The van der Waals surface area contributed by atoms with E-state index in [4.69, 9.17) is 11.5 Å². The highest BCUT2D eigenvalue weighted by Crippen LogP contribution is 2.27. The second kappa shape index (κ2) is 16.6. The summed E-state index contributed by atoms with van der Waals surface area (Å²) in [6.45, 7) is -0.343. The summed E-state index contributed by atoms with van der Waals surface area (Å²) in [4.78, 5) is 104. The maximum absolute atomic E-state index is 13.2. The quantitative estimate of drug-likeness (QED) is 0.0508. The maximum Gasteiger partial charge on any atom is 0.495 e. The fourth-order valence-electron chi connectivity index (χ4n) is 2.97. The number of benzene rings is 1. The van der Waals surface area contributed by atoms with Crippen LogP contribution in [0.1, 0.15) is 19.4 Å². The molecule has 4 atom stereocenters. The van der Waals surface area contributed by atoms with E-state index < -0.39 is 96.2 Å². The SMILES string of the molecule is CN[C@](C)(OC(=O)C(F)(F)F)C(=O)O[C@@](N)(C(=O)OOC(=O)C(F)(F)F)C(OC(=O)[C@](C)(NC(=O)OCc1ccccc1)OC(=O)C(F)(F)F)C(N)=O. The molecule has 6 N–H and O–H groups in total. The molecule has 19 nitrogen and oxygen atoms in total. The molecule has 0 saturated carbocycles. The first-order valence-electron chi connectivity index (χ1n) is 13.2. The van der Waals surface area contributed by atoms with Crippen LogP contribution in [0.4, 0.5) is 44.3 Å². The zero-order chi connectivity index (χ0) is 41.4. The van der Waals surface area contributed by atoms with Crippen LogP contribution in [0.2, 0.25) is 0 Å². The molecule has 0 aliphatic carbocycles. The van der Waals surface area contributed by atoms with Gasteiger partial charge in [-0.05, 0) is 12.6 Å². The lowest BCUT2D eigenvalue weighted by molar-refractivity contribution is -0.298. The monoisotopic (exact) mass is 790 g/mol. The lowest BCUT2D eigenvalue weighted by Gasteiger charge is -2.36. The molecule has 0 aliphatic rings. The Morgan fingerprint density at radius 2 is 1.11 bits per heavy atom. The molecule has 1 unspecified atom stereocenters. The van der Waals surface area contributed by atoms with Crippen molar-refractivity contribution in [1.82, 2.24) is 10.6 Å². The van der Waals surface area contributed by atoms with Crippen LogP contribution in [-0.2, 0) is 73.6 Å². The van der Waals surface area contributed by atoms with Crippen molar-refractivity contribution in [2.45, 2.75) is 62.3 Å². The molecule has 296 valence electrons. The Kier molecular flexibility index (Phi) is 14.1. The van der Waals surface area contributed by atoms with Gasteiger partial charge in [0.25, 0.3) is 17.4 Å². The Labute approximate surface area is 287 Å². The van der Waals surface area contributed by atoms with Gasteiger partial charge in [-0.15, -0.1) is 0 Å². The standard InChI is InChI=1S/C25H23F9N4O15/c1-20(37-3,49-16(43)23(26,27)28)14(41)51-22(36,15(42)52-53-18(45)25(32,33)34)11(12(35)39)48-13(40)21(2,50-17(44)24(29,30)31)38-19(46)47-9-10-7-5-4-6-8-10/h4-8,11,37H,9,36H2,1-3H3,(H2,35,39)(H,38,46)/t11?,20-,21-,22-/m1/s1. The summed E-state index contributed by atoms with van der Waals surface area (Å²) in [5.74, 6) is -20.3. The molecule has 0 aliphatic heterocycles. The Hall–Kier alpha value is -5.93. The molecule has 0 spiro atoms. The molecule has 0 heterocycles. The molecule has 1 aromatic rings. The van der Waals surface area contributed by atoms with Gasteiger partial charge in [0.05, 0.1) is 0 Å². The van der Waals surface area contributed by atoms with Crippen LogP contribution in [0.3, 0.4) is 0 Å². The molecule has 0 aromatic heterocycles. The second-order valence-electron chi connectivity index (χ2n) is 9.89. The van der Waals surface area contributed by atoms with Crippen molar-refractivity contribution in [2.75, 3.05) is 7.05 Å². The molecule has 0 bridgehead atoms. The third-order valence-electron chi connectivity index (χ3n) is 5.74. The third-order valence-corrected chi connectivity index (χ3v) is 5.74. The first kappa shape index (κ1) is 45.1. The number of ether oxygens (including phenoxy) is 5. The Bertz CT molecular complexity index is 1590. The number of esters is 4. The van der Waals surface area contributed by atoms with Crippen molar-refractivity contribution < 1.29 is 111 Å². The van der Waals surface area contributed by atoms with E-state index in [0.29, 0.717) is 7.05 Å². The van der Waals surface area contributed by atoms with E-state index >= 15 is 0 Å². The van der Waals surface area contributed by atoms with Gasteiger partial charge in [0, 0.05) is 13.8 Å². The number of halogens is 9. The van der Waals surface area contributed by atoms with Crippen LogP contribution in [0, 0.1) is 0 Å². The minimum absolute atomic E-state index is 0.100. The van der Waals surface area contributed by atoms with Crippen LogP contribution in [0.25, 0.3) is 0 Å². The minimum atomic E-state index is -5.97. The number of hydrogen-bond acceptors (Lipinski definition) is 17. The van der Waals surface area contributed by atoms with Gasteiger partial charge < -0.3 is 29.4 Å². The molecule has 2 amide bonds. The van der Waals surface area contributed by atoms with E-state index in [-0.39, 0.29) is 19.4 Å². The number of likely N-dealkylation sites (N-methyl/N-ethyl adjacent to an activating group) is 1. The van der Waals surface area contributed by atoms with Gasteiger partial charge in [0.15, 0.2) is 0 Å². The summed E-state index contributed by atoms with van der Waals surface area (Å²) in [7, 11) is 0.571. The highest BCUT2D eigenvalue weighted by molar-refractivity contribution is 5.96. The summed E-state index contributed by atoms with van der Waals surface area (Å²) in [6.07, 6.45) is -23.4. The zero-order valence-electron chi connectivity index (χ0n) is 26.4. The van der Waals surface area contributed by atoms with E-state index in [1.54, 1.807) is 5.32 Å². The molecule has 28 heteroatoms. The normalized spacial score (nSPS) is 15.7. The smallest absolute Gasteiger partial charge is 0.445 e. The van der Waals surface area contributed by atoms with E-state index in [0.717, 1.165) is 0 Å². The van der Waals surface area contributed by atoms with Crippen molar-refractivity contribution in [2.24, 2.45) is 11.5 Å². The second-order valence-corrected chi connectivity index (χ2v) is 9.89. The number of nitrogens with two attached hydrogens (primary N) is 2. The summed E-state index contributed by atoms with van der Waals surface area (Å²) in [5, 5.41) is 2.91. The summed E-state index contributed by atoms with van der Waals surface area (Å²) < 4.78 is 137. The molecule has 0 fully saturated rings. The van der Waals surface area contributed by atoms with Crippen LogP contribution < -0.4 is 22.1 Å². The van der Waals surface area contributed by atoms with Gasteiger partial charge >= 0.3 is 66.2 Å². The predicted octanol–water partition coefficient (Wildman–Crippen LogP) is -0.0654. The highest BCUT2D eigenvalue weighted by Gasteiger charge is 2.60. The number of primary amides is 1. The molecular weight excluding hydrogens is 767 g/mol. The van der Waals surface area contributed by atoms with E-state index in [9.17, 15) is 77.9 Å². The third kappa shape index (κ3) is 12.4. The lowest BCUT2D eigenvalue weighted by atomic mass is 10.1. The van der Waals surface area contributed by atoms with Gasteiger partial charge in [-0.2, -0.15) is 39.5 Å². The average molecular weight is 790 g/mol. The van der Waals surface area contributed by atoms with Crippen molar-refractivity contribution in [1.29, 1.82) is 0 Å². The van der Waals surface area contributed by atoms with Crippen LogP contribution >= 0.6 is 0 Å². The van der Waals surface area contributed by atoms with E-state index in [2.05, 4.69) is 33.5 Å². The number of carbonyl (C=O) groups excluding carboxylic acids is 8. The number of alkyl halides is 9. The van der Waals surface area contributed by atoms with Crippen molar-refractivity contribution >= 4 is 47.8 Å². The number of rotatable bonds is 13. The lowest BCUT2D eigenvalue weighted by Crippen LogP contribution is -2.69. The Balaban J connectivity index is 3.72. The minimum Gasteiger partial charge on any atom is -0.445 e. The van der Waals surface area contributed by atoms with Gasteiger partial charge in [-0.1, -0.05) is 30.3 Å². The van der Waals surface area contributed by atoms with Crippen molar-refractivity contribution in [3.8, 4) is 0 Å². The predicted molar refractivity (Wildman–Crippen MR) is 140 cm³/mol. The van der Waals surface area contributed by atoms with Crippen LogP contribution in [0.15, 0.2) is 30.3 Å². The topological polar surface area (TPSA) is 277 Å².